The maximum absolute atomic E-state index is 13.4. The lowest BCUT2D eigenvalue weighted by molar-refractivity contribution is -0.384. The number of nitrogens with zero attached hydrogens (tertiary/aromatic N) is 4. The Labute approximate surface area is 255 Å². The third-order valence-electron chi connectivity index (χ3n) is 7.24. The Kier molecular flexibility index (Phi) is 11.2. The zero-order valence-electron chi connectivity index (χ0n) is 23.8. The Morgan fingerprint density at radius 3 is 2.55 bits per heavy atom. The number of hydrogen-bond donors (Lipinski definition) is 2. The molecule has 2 aromatic carbocycles. The molecule has 2 heterocycles. The molecule has 42 heavy (non-hydrogen) atoms. The highest BCUT2D eigenvalue weighted by Crippen LogP contribution is 2.17. The monoisotopic (exact) mass is 604 g/mol. The zero-order chi connectivity index (χ0) is 29.9. The van der Waals surface area contributed by atoms with Crippen molar-refractivity contribution in [3.8, 4) is 0 Å². The highest BCUT2D eigenvalue weighted by molar-refractivity contribution is 7.80. The smallest absolute Gasteiger partial charge is 0.269 e. The first-order valence-corrected chi connectivity index (χ1v) is 15.2. The molecule has 0 fully saturated rings. The van der Waals surface area contributed by atoms with E-state index >= 15 is 0 Å². The summed E-state index contributed by atoms with van der Waals surface area (Å²) in [5.74, 6) is 0.131. The molecule has 11 heteroatoms. The predicted molar refractivity (Wildman–Crippen MR) is 170 cm³/mol. The lowest BCUT2D eigenvalue weighted by Gasteiger charge is -2.33. The van der Waals surface area contributed by atoms with Gasteiger partial charge in [-0.1, -0.05) is 68.8 Å². The Bertz CT molecular complexity index is 1440. The molecule has 0 spiro atoms. The molecule has 2 N–H and O–H groups in total. The van der Waals surface area contributed by atoms with Crippen molar-refractivity contribution in [2.45, 2.75) is 52.4 Å². The van der Waals surface area contributed by atoms with Crippen molar-refractivity contribution in [1.82, 2.24) is 25.1 Å². The van der Waals surface area contributed by atoms with Gasteiger partial charge in [0.2, 0.25) is 5.91 Å². The van der Waals surface area contributed by atoms with Crippen LogP contribution in [0.3, 0.4) is 0 Å². The number of non-ortho nitro benzene ring substituents is 1. The van der Waals surface area contributed by atoms with Crippen LogP contribution in [0.25, 0.3) is 0 Å². The summed E-state index contributed by atoms with van der Waals surface area (Å²) in [4.78, 5) is 31.5. The molecule has 2 aromatic heterocycles. The van der Waals surface area contributed by atoms with Gasteiger partial charge in [0.15, 0.2) is 5.11 Å². The van der Waals surface area contributed by atoms with Crippen LogP contribution in [0, 0.1) is 16.0 Å². The SMILES string of the molecule is CCC(C)C(CN(Cc1cccs1)C(=S)NCc1ccccc1)NC(=O)Cc1cncn1Cc1ccc([N+](=O)[O-])cc1. The van der Waals surface area contributed by atoms with E-state index in [1.807, 2.05) is 28.8 Å². The van der Waals surface area contributed by atoms with Crippen LogP contribution in [-0.4, -0.2) is 43.0 Å². The van der Waals surface area contributed by atoms with Gasteiger partial charge in [-0.2, -0.15) is 0 Å². The van der Waals surface area contributed by atoms with E-state index in [9.17, 15) is 14.9 Å². The predicted octanol–water partition coefficient (Wildman–Crippen LogP) is 5.55. The second kappa shape index (κ2) is 15.2. The van der Waals surface area contributed by atoms with Crippen LogP contribution >= 0.6 is 23.6 Å². The van der Waals surface area contributed by atoms with Crippen LogP contribution in [-0.2, 0) is 30.8 Å². The summed E-state index contributed by atoms with van der Waals surface area (Å²) < 4.78 is 1.89. The standard InChI is InChI=1S/C31H36N6O3S2/c1-3-23(2)29(21-35(20-28-10-7-15-42-28)31(41)33-17-24-8-5-4-6-9-24)34-30(38)16-27-18-32-22-36(27)19-25-11-13-26(14-12-25)37(39)40/h4-15,18,22-23,29H,3,16-17,19-21H2,1-2H3,(H,33,41)(H,34,38). The molecule has 0 aliphatic heterocycles. The topological polar surface area (TPSA) is 105 Å². The van der Waals surface area contributed by atoms with Gasteiger partial charge < -0.3 is 20.1 Å². The maximum Gasteiger partial charge on any atom is 0.269 e. The van der Waals surface area contributed by atoms with Crippen molar-refractivity contribution < 1.29 is 9.72 Å². The molecule has 0 aliphatic carbocycles. The number of nitrogens with one attached hydrogen (secondary N) is 2. The molecular weight excluding hydrogens is 569 g/mol. The molecule has 0 aliphatic rings. The van der Waals surface area contributed by atoms with Crippen molar-refractivity contribution in [1.29, 1.82) is 0 Å². The van der Waals surface area contributed by atoms with E-state index in [0.717, 1.165) is 23.2 Å². The number of amides is 1. The summed E-state index contributed by atoms with van der Waals surface area (Å²) in [5.41, 5.74) is 2.85. The van der Waals surface area contributed by atoms with Gasteiger partial charge in [0, 0.05) is 54.6 Å². The Balaban J connectivity index is 1.42. The fourth-order valence-electron chi connectivity index (χ4n) is 4.56. The number of imidazole rings is 1. The third-order valence-corrected chi connectivity index (χ3v) is 8.50. The number of nitro groups is 1. The Morgan fingerprint density at radius 2 is 1.88 bits per heavy atom. The van der Waals surface area contributed by atoms with E-state index in [2.05, 4.69) is 57.9 Å². The first kappa shape index (κ1) is 30.9. The number of hydrogen-bond acceptors (Lipinski definition) is 6. The van der Waals surface area contributed by atoms with Gasteiger partial charge in [0.1, 0.15) is 0 Å². The van der Waals surface area contributed by atoms with Gasteiger partial charge in [-0.25, -0.2) is 4.98 Å². The number of carbonyl (C=O) groups excluding carboxylic acids is 1. The van der Waals surface area contributed by atoms with Gasteiger partial charge in [-0.15, -0.1) is 11.3 Å². The minimum absolute atomic E-state index is 0.0444. The quantitative estimate of drug-likeness (QED) is 0.110. The van der Waals surface area contributed by atoms with Gasteiger partial charge in [-0.3, -0.25) is 14.9 Å². The fraction of sp³-hybridized carbons (Fsp3) is 0.323. The minimum Gasteiger partial charge on any atom is -0.358 e. The lowest BCUT2D eigenvalue weighted by Crippen LogP contribution is -2.51. The second-order valence-corrected chi connectivity index (χ2v) is 11.7. The number of aromatic nitrogens is 2. The van der Waals surface area contributed by atoms with E-state index < -0.39 is 4.92 Å². The van der Waals surface area contributed by atoms with Gasteiger partial charge in [0.25, 0.3) is 5.69 Å². The van der Waals surface area contributed by atoms with E-state index in [0.29, 0.717) is 31.3 Å². The van der Waals surface area contributed by atoms with Crippen LogP contribution < -0.4 is 10.6 Å². The largest absolute Gasteiger partial charge is 0.358 e. The van der Waals surface area contributed by atoms with Crippen LogP contribution in [0.5, 0.6) is 0 Å². The van der Waals surface area contributed by atoms with Gasteiger partial charge >= 0.3 is 0 Å². The normalized spacial score (nSPS) is 12.3. The van der Waals surface area contributed by atoms with E-state index in [-0.39, 0.29) is 30.0 Å². The molecule has 0 radical (unpaired) electrons. The van der Waals surface area contributed by atoms with E-state index in [4.69, 9.17) is 12.2 Å². The number of thiocarbonyl (C=S) groups is 1. The van der Waals surface area contributed by atoms with Crippen LogP contribution in [0.2, 0.25) is 0 Å². The molecule has 220 valence electrons. The van der Waals surface area contributed by atoms with Crippen molar-refractivity contribution in [2.24, 2.45) is 5.92 Å². The average molecular weight is 605 g/mol. The summed E-state index contributed by atoms with van der Waals surface area (Å²) in [6.45, 7) is 6.59. The number of nitro benzene ring substituents is 1. The van der Waals surface area contributed by atoms with Crippen molar-refractivity contribution >= 4 is 40.3 Å². The van der Waals surface area contributed by atoms with Gasteiger partial charge in [0.05, 0.1) is 24.2 Å². The van der Waals surface area contributed by atoms with Crippen molar-refractivity contribution in [2.75, 3.05) is 6.54 Å². The maximum atomic E-state index is 13.4. The summed E-state index contributed by atoms with van der Waals surface area (Å²) >= 11 is 7.54. The molecule has 2 unspecified atom stereocenters. The zero-order valence-corrected chi connectivity index (χ0v) is 25.4. The fourth-order valence-corrected chi connectivity index (χ4v) is 5.50. The van der Waals surface area contributed by atoms with E-state index in [1.165, 1.54) is 17.0 Å². The molecule has 0 bridgehead atoms. The molecule has 2 atom stereocenters. The minimum atomic E-state index is -0.419. The number of rotatable bonds is 14. The molecule has 9 nitrogen and oxygen atoms in total. The van der Waals surface area contributed by atoms with Crippen LogP contribution in [0.4, 0.5) is 5.69 Å². The average Bonchev–Trinajstić information content (AvgIpc) is 3.67. The number of thiophene rings is 1. The van der Waals surface area contributed by atoms with Crippen LogP contribution in [0.15, 0.2) is 84.6 Å². The summed E-state index contributed by atoms with van der Waals surface area (Å²) in [7, 11) is 0. The van der Waals surface area contributed by atoms with E-state index in [1.54, 1.807) is 36.0 Å². The second-order valence-electron chi connectivity index (χ2n) is 10.3. The molecule has 0 saturated carbocycles. The van der Waals surface area contributed by atoms with Gasteiger partial charge in [-0.05, 0) is 40.7 Å². The molecule has 1 amide bonds. The van der Waals surface area contributed by atoms with Crippen molar-refractivity contribution in [3.05, 3.63) is 116 Å². The molecule has 0 saturated heterocycles. The first-order chi connectivity index (χ1) is 20.3. The summed E-state index contributed by atoms with van der Waals surface area (Å²) in [5, 5.41) is 20.4. The number of carbonyl (C=O) groups is 1. The summed E-state index contributed by atoms with van der Waals surface area (Å²) in [6, 6.07) is 20.6. The molecular formula is C31H36N6O3S2. The number of benzene rings is 2. The van der Waals surface area contributed by atoms with Crippen molar-refractivity contribution in [3.63, 3.8) is 0 Å². The Hall–Kier alpha value is -4.09. The third kappa shape index (κ3) is 8.95. The van der Waals surface area contributed by atoms with Crippen LogP contribution in [0.1, 0.15) is 42.0 Å². The molecule has 4 rings (SSSR count). The Morgan fingerprint density at radius 1 is 1.12 bits per heavy atom. The molecule has 4 aromatic rings. The lowest BCUT2D eigenvalue weighted by atomic mass is 9.98. The summed E-state index contributed by atoms with van der Waals surface area (Å²) in [6.07, 6.45) is 4.44. The highest BCUT2D eigenvalue weighted by Gasteiger charge is 2.24. The first-order valence-electron chi connectivity index (χ1n) is 13.9. The highest BCUT2D eigenvalue weighted by atomic mass is 32.1.